The molecule has 0 heterocycles. The molecule has 0 unspecified atom stereocenters. The lowest BCUT2D eigenvalue weighted by Crippen LogP contribution is -2.01. The molecule has 0 bridgehead atoms. The smallest absolute Gasteiger partial charge is 0.0278 e. The SMILES string of the molecule is Cc1ccc(/C(=C/C(c2ccccc2)c2ccccc2)c2ccccc2)c(C)c1. The molecule has 0 atom stereocenters. The summed E-state index contributed by atoms with van der Waals surface area (Å²) in [5.41, 5.74) is 9.02. The van der Waals surface area contributed by atoms with E-state index in [9.17, 15) is 0 Å². The van der Waals surface area contributed by atoms with Crippen molar-refractivity contribution >= 4 is 5.57 Å². The van der Waals surface area contributed by atoms with Crippen LogP contribution in [-0.4, -0.2) is 0 Å². The number of hydrogen-bond donors (Lipinski definition) is 0. The lowest BCUT2D eigenvalue weighted by Gasteiger charge is -2.19. The average Bonchev–Trinajstić information content (AvgIpc) is 2.77. The molecule has 4 aromatic carbocycles. The van der Waals surface area contributed by atoms with Gasteiger partial charge in [0.25, 0.3) is 0 Å². The second-order valence-corrected chi connectivity index (χ2v) is 7.56. The summed E-state index contributed by atoms with van der Waals surface area (Å²) in [6, 6.07) is 39.0. The van der Waals surface area contributed by atoms with E-state index < -0.39 is 0 Å². The van der Waals surface area contributed by atoms with Crippen LogP contribution in [0.5, 0.6) is 0 Å². The Bertz CT molecular complexity index is 1050. The molecule has 0 N–H and O–H groups in total. The van der Waals surface area contributed by atoms with Crippen LogP contribution in [0.2, 0.25) is 0 Å². The Morgan fingerprint density at radius 2 is 1.14 bits per heavy atom. The van der Waals surface area contributed by atoms with Gasteiger partial charge in [-0.2, -0.15) is 0 Å². The van der Waals surface area contributed by atoms with Gasteiger partial charge in [-0.25, -0.2) is 0 Å². The van der Waals surface area contributed by atoms with Gasteiger partial charge >= 0.3 is 0 Å². The van der Waals surface area contributed by atoms with Gasteiger partial charge < -0.3 is 0 Å². The predicted molar refractivity (Wildman–Crippen MR) is 124 cm³/mol. The maximum atomic E-state index is 2.43. The van der Waals surface area contributed by atoms with Gasteiger partial charge in [0.05, 0.1) is 0 Å². The molecule has 0 aliphatic heterocycles. The van der Waals surface area contributed by atoms with Crippen molar-refractivity contribution in [3.8, 4) is 0 Å². The zero-order valence-electron chi connectivity index (χ0n) is 17.0. The van der Waals surface area contributed by atoms with Crippen LogP contribution in [-0.2, 0) is 0 Å². The van der Waals surface area contributed by atoms with Crippen molar-refractivity contribution < 1.29 is 0 Å². The Labute approximate surface area is 174 Å². The van der Waals surface area contributed by atoms with E-state index in [4.69, 9.17) is 0 Å². The van der Waals surface area contributed by atoms with Crippen LogP contribution < -0.4 is 0 Å². The zero-order valence-corrected chi connectivity index (χ0v) is 17.0. The fourth-order valence-electron chi connectivity index (χ4n) is 3.95. The molecule has 0 amide bonds. The average molecular weight is 375 g/mol. The van der Waals surface area contributed by atoms with Gasteiger partial charge in [-0.3, -0.25) is 0 Å². The lowest BCUT2D eigenvalue weighted by atomic mass is 9.85. The highest BCUT2D eigenvalue weighted by Gasteiger charge is 2.15. The Morgan fingerprint density at radius 3 is 1.66 bits per heavy atom. The first-order chi connectivity index (χ1) is 14.2. The molecule has 4 aromatic rings. The minimum atomic E-state index is 0.188. The first-order valence-electron chi connectivity index (χ1n) is 10.2. The molecule has 0 nitrogen and oxygen atoms in total. The molecule has 0 aliphatic rings. The third kappa shape index (κ3) is 4.38. The molecule has 0 spiro atoms. The highest BCUT2D eigenvalue weighted by atomic mass is 14.2. The number of allylic oxidation sites excluding steroid dienone is 1. The number of hydrogen-bond acceptors (Lipinski definition) is 0. The number of rotatable bonds is 5. The summed E-state index contributed by atoms with van der Waals surface area (Å²) >= 11 is 0. The third-order valence-corrected chi connectivity index (χ3v) is 5.41. The molecule has 0 heteroatoms. The summed E-state index contributed by atoms with van der Waals surface area (Å²) in [6.07, 6.45) is 2.43. The topological polar surface area (TPSA) is 0 Å². The highest BCUT2D eigenvalue weighted by Crippen LogP contribution is 2.34. The first kappa shape index (κ1) is 19.0. The quantitative estimate of drug-likeness (QED) is 0.338. The summed E-state index contributed by atoms with van der Waals surface area (Å²) in [6.45, 7) is 4.36. The van der Waals surface area contributed by atoms with E-state index in [0.29, 0.717) is 0 Å². The molecular weight excluding hydrogens is 348 g/mol. The van der Waals surface area contributed by atoms with E-state index >= 15 is 0 Å². The lowest BCUT2D eigenvalue weighted by molar-refractivity contribution is 1.03. The van der Waals surface area contributed by atoms with E-state index in [1.165, 1.54) is 39.0 Å². The molecule has 0 aromatic heterocycles. The van der Waals surface area contributed by atoms with Crippen molar-refractivity contribution in [2.45, 2.75) is 19.8 Å². The van der Waals surface area contributed by atoms with Crippen molar-refractivity contribution in [2.75, 3.05) is 0 Å². The summed E-state index contributed by atoms with van der Waals surface area (Å²) < 4.78 is 0. The Balaban J connectivity index is 1.93. The van der Waals surface area contributed by atoms with Crippen LogP contribution in [0.1, 0.15) is 39.3 Å². The van der Waals surface area contributed by atoms with Gasteiger partial charge in [-0.15, -0.1) is 0 Å². The van der Waals surface area contributed by atoms with Crippen LogP contribution in [0.25, 0.3) is 5.57 Å². The molecule has 29 heavy (non-hydrogen) atoms. The van der Waals surface area contributed by atoms with Crippen molar-refractivity contribution in [1.82, 2.24) is 0 Å². The van der Waals surface area contributed by atoms with Crippen LogP contribution in [0.3, 0.4) is 0 Å². The Kier molecular flexibility index (Phi) is 5.72. The van der Waals surface area contributed by atoms with Gasteiger partial charge in [0, 0.05) is 5.92 Å². The molecule has 4 rings (SSSR count). The Morgan fingerprint density at radius 1 is 0.621 bits per heavy atom. The maximum absolute atomic E-state index is 2.43. The molecule has 0 aliphatic carbocycles. The van der Waals surface area contributed by atoms with E-state index in [1.54, 1.807) is 0 Å². The molecule has 0 radical (unpaired) electrons. The molecule has 0 saturated carbocycles. The zero-order chi connectivity index (χ0) is 20.1. The number of benzene rings is 4. The summed E-state index contributed by atoms with van der Waals surface area (Å²) in [7, 11) is 0. The minimum Gasteiger partial charge on any atom is -0.0641 e. The second-order valence-electron chi connectivity index (χ2n) is 7.56. The van der Waals surface area contributed by atoms with Gasteiger partial charge in [-0.05, 0) is 47.2 Å². The van der Waals surface area contributed by atoms with Gasteiger partial charge in [0.2, 0.25) is 0 Å². The first-order valence-corrected chi connectivity index (χ1v) is 10.2. The van der Waals surface area contributed by atoms with Crippen molar-refractivity contribution in [2.24, 2.45) is 0 Å². The van der Waals surface area contributed by atoms with Crippen molar-refractivity contribution in [1.29, 1.82) is 0 Å². The van der Waals surface area contributed by atoms with E-state index in [0.717, 1.165) is 0 Å². The van der Waals surface area contributed by atoms with E-state index in [-0.39, 0.29) is 5.92 Å². The summed E-state index contributed by atoms with van der Waals surface area (Å²) in [5.74, 6) is 0.188. The van der Waals surface area contributed by atoms with E-state index in [1.807, 2.05) is 0 Å². The largest absolute Gasteiger partial charge is 0.0641 e. The molecule has 0 fully saturated rings. The van der Waals surface area contributed by atoms with Crippen molar-refractivity contribution in [3.05, 3.63) is 149 Å². The number of aryl methyl sites for hydroxylation is 2. The predicted octanol–water partition coefficient (Wildman–Crippen LogP) is 7.57. The normalized spacial score (nSPS) is 11.6. The molecular formula is C29H26. The van der Waals surface area contributed by atoms with Crippen LogP contribution in [0.15, 0.2) is 115 Å². The summed E-state index contributed by atoms with van der Waals surface area (Å²) in [4.78, 5) is 0. The molecule has 142 valence electrons. The van der Waals surface area contributed by atoms with Crippen LogP contribution >= 0.6 is 0 Å². The van der Waals surface area contributed by atoms with Gasteiger partial charge in [0.15, 0.2) is 0 Å². The third-order valence-electron chi connectivity index (χ3n) is 5.41. The van der Waals surface area contributed by atoms with Crippen LogP contribution in [0.4, 0.5) is 0 Å². The second kappa shape index (κ2) is 8.75. The molecule has 0 saturated heterocycles. The monoisotopic (exact) mass is 374 g/mol. The van der Waals surface area contributed by atoms with Gasteiger partial charge in [-0.1, -0.05) is 121 Å². The van der Waals surface area contributed by atoms with Crippen LogP contribution in [0, 0.1) is 13.8 Å². The van der Waals surface area contributed by atoms with Crippen molar-refractivity contribution in [3.63, 3.8) is 0 Å². The minimum absolute atomic E-state index is 0.188. The maximum Gasteiger partial charge on any atom is 0.0278 e. The standard InChI is InChI=1S/C29H26/c1-22-18-19-27(23(2)20-22)29(26-16-10-5-11-17-26)21-28(24-12-6-3-7-13-24)25-14-8-4-9-15-25/h3-21,28H,1-2H3/b29-21+. The van der Waals surface area contributed by atoms with Gasteiger partial charge in [0.1, 0.15) is 0 Å². The Hall–Kier alpha value is -3.38. The van der Waals surface area contributed by atoms with E-state index in [2.05, 4.69) is 129 Å². The fourth-order valence-corrected chi connectivity index (χ4v) is 3.95. The summed E-state index contributed by atoms with van der Waals surface area (Å²) in [5, 5.41) is 0. The fraction of sp³-hybridized carbons (Fsp3) is 0.103. The highest BCUT2D eigenvalue weighted by molar-refractivity contribution is 5.82.